The topological polar surface area (TPSA) is 27.0 Å². The molecule has 0 atom stereocenters. The van der Waals surface area contributed by atoms with Gasteiger partial charge in [0.1, 0.15) is 5.54 Å². The lowest BCUT2D eigenvalue weighted by atomic mass is 9.84. The lowest BCUT2D eigenvalue weighted by Gasteiger charge is -2.34. The average Bonchev–Trinajstić information content (AvgIpc) is 2.26. The van der Waals surface area contributed by atoms with Crippen LogP contribution in [0.15, 0.2) is 12.1 Å². The minimum atomic E-state index is -0.501. The van der Waals surface area contributed by atoms with Gasteiger partial charge in [0.25, 0.3) is 0 Å². The molecule has 0 heterocycles. The highest BCUT2D eigenvalue weighted by atomic mass is 15.2. The van der Waals surface area contributed by atoms with Crippen LogP contribution < -0.4 is 4.90 Å². The zero-order valence-corrected chi connectivity index (χ0v) is 13.5. The summed E-state index contributed by atoms with van der Waals surface area (Å²) in [5.74, 6) is 0. The van der Waals surface area contributed by atoms with E-state index >= 15 is 0 Å². The summed E-state index contributed by atoms with van der Waals surface area (Å²) < 4.78 is 0. The molecule has 0 aromatic heterocycles. The molecule has 0 unspecified atom stereocenters. The average molecular weight is 258 g/mol. The number of nitrogens with zero attached hydrogens (tertiary/aromatic N) is 2. The van der Waals surface area contributed by atoms with Crippen LogP contribution in [0.2, 0.25) is 0 Å². The van der Waals surface area contributed by atoms with E-state index in [4.69, 9.17) is 0 Å². The molecule has 0 spiro atoms. The van der Waals surface area contributed by atoms with Crippen LogP contribution in [0.5, 0.6) is 0 Å². The summed E-state index contributed by atoms with van der Waals surface area (Å²) in [5.41, 5.74) is 4.62. The first kappa shape index (κ1) is 15.6. The molecule has 0 amide bonds. The van der Waals surface area contributed by atoms with E-state index in [0.29, 0.717) is 0 Å². The number of rotatable bonds is 2. The number of nitriles is 1. The molecule has 0 N–H and O–H groups in total. The molecule has 2 heteroatoms. The summed E-state index contributed by atoms with van der Waals surface area (Å²) in [7, 11) is 2.00. The zero-order chi connectivity index (χ0) is 15.0. The van der Waals surface area contributed by atoms with Gasteiger partial charge in [0.15, 0.2) is 0 Å². The molecule has 1 aromatic rings. The van der Waals surface area contributed by atoms with Crippen molar-refractivity contribution < 1.29 is 0 Å². The van der Waals surface area contributed by atoms with E-state index in [1.807, 2.05) is 20.9 Å². The first-order chi connectivity index (χ1) is 8.50. The first-order valence-electron chi connectivity index (χ1n) is 6.77. The largest absolute Gasteiger partial charge is 0.356 e. The monoisotopic (exact) mass is 258 g/mol. The quantitative estimate of drug-likeness (QED) is 0.789. The number of aryl methyl sites for hydroxylation is 2. The van der Waals surface area contributed by atoms with Crippen LogP contribution in [0.3, 0.4) is 0 Å². The second-order valence-corrected chi connectivity index (χ2v) is 6.94. The minimum Gasteiger partial charge on any atom is -0.356 e. The zero-order valence-electron chi connectivity index (χ0n) is 13.5. The van der Waals surface area contributed by atoms with Gasteiger partial charge in [-0.15, -0.1) is 0 Å². The molecule has 19 heavy (non-hydrogen) atoms. The molecule has 1 rings (SSSR count). The molecule has 0 aliphatic rings. The fourth-order valence-electron chi connectivity index (χ4n) is 2.27. The SMILES string of the molecule is Cc1cc(C(C)(C)C)cc(C)c1N(C)C(C)(C)C#N. The second-order valence-electron chi connectivity index (χ2n) is 6.94. The summed E-state index contributed by atoms with van der Waals surface area (Å²) in [6, 6.07) is 6.85. The molecule has 0 saturated carbocycles. The molecular weight excluding hydrogens is 232 g/mol. The Morgan fingerprint density at radius 1 is 1.00 bits per heavy atom. The maximum Gasteiger partial charge on any atom is 0.121 e. The summed E-state index contributed by atoms with van der Waals surface area (Å²) in [5, 5.41) is 9.30. The van der Waals surface area contributed by atoms with Crippen molar-refractivity contribution in [2.75, 3.05) is 11.9 Å². The van der Waals surface area contributed by atoms with Crippen molar-refractivity contribution in [3.8, 4) is 6.07 Å². The second kappa shape index (κ2) is 4.89. The van der Waals surface area contributed by atoms with E-state index in [0.717, 1.165) is 0 Å². The highest BCUT2D eigenvalue weighted by molar-refractivity contribution is 5.62. The molecule has 0 fully saturated rings. The minimum absolute atomic E-state index is 0.150. The van der Waals surface area contributed by atoms with Gasteiger partial charge < -0.3 is 4.90 Å². The Balaban J connectivity index is 3.38. The van der Waals surface area contributed by atoms with Crippen molar-refractivity contribution in [1.29, 1.82) is 5.26 Å². The van der Waals surface area contributed by atoms with Gasteiger partial charge in [0.2, 0.25) is 0 Å². The normalized spacial score (nSPS) is 12.2. The van der Waals surface area contributed by atoms with E-state index < -0.39 is 5.54 Å². The Bertz CT molecular complexity index is 490. The van der Waals surface area contributed by atoms with Gasteiger partial charge in [-0.2, -0.15) is 5.26 Å². The molecule has 0 saturated heterocycles. The summed E-state index contributed by atoms with van der Waals surface area (Å²) in [6.07, 6.45) is 0. The summed E-state index contributed by atoms with van der Waals surface area (Å²) in [6.45, 7) is 14.8. The molecular formula is C17H26N2. The third-order valence-electron chi connectivity index (χ3n) is 3.80. The fourth-order valence-corrected chi connectivity index (χ4v) is 2.27. The molecule has 0 aliphatic carbocycles. The smallest absolute Gasteiger partial charge is 0.121 e. The van der Waals surface area contributed by atoms with E-state index in [1.165, 1.54) is 22.4 Å². The van der Waals surface area contributed by atoms with Crippen LogP contribution in [0.25, 0.3) is 0 Å². The van der Waals surface area contributed by atoms with Crippen LogP contribution in [0, 0.1) is 25.2 Å². The number of benzene rings is 1. The standard InChI is InChI=1S/C17H26N2/c1-12-9-14(16(3,4)5)10-13(2)15(12)19(8)17(6,7)11-18/h9-10H,1-8H3. The van der Waals surface area contributed by atoms with Crippen molar-refractivity contribution in [2.45, 2.75) is 59.4 Å². The third kappa shape index (κ3) is 3.10. The van der Waals surface area contributed by atoms with E-state index in [1.54, 1.807) is 0 Å². The molecule has 104 valence electrons. The molecule has 0 aliphatic heterocycles. The van der Waals surface area contributed by atoms with E-state index in [-0.39, 0.29) is 5.41 Å². The van der Waals surface area contributed by atoms with E-state index in [2.05, 4.69) is 57.7 Å². The summed E-state index contributed by atoms with van der Waals surface area (Å²) in [4.78, 5) is 2.07. The van der Waals surface area contributed by atoms with Gasteiger partial charge in [-0.1, -0.05) is 32.9 Å². The lowest BCUT2D eigenvalue weighted by molar-refractivity contribution is 0.587. The summed E-state index contributed by atoms with van der Waals surface area (Å²) >= 11 is 0. The number of hydrogen-bond donors (Lipinski definition) is 0. The number of anilines is 1. The number of hydrogen-bond acceptors (Lipinski definition) is 2. The molecule has 0 bridgehead atoms. The Morgan fingerprint density at radius 3 is 1.74 bits per heavy atom. The van der Waals surface area contributed by atoms with Gasteiger partial charge in [-0.3, -0.25) is 0 Å². The maximum atomic E-state index is 9.30. The highest BCUT2D eigenvalue weighted by Gasteiger charge is 2.26. The van der Waals surface area contributed by atoms with Crippen molar-refractivity contribution in [1.82, 2.24) is 0 Å². The molecule has 1 aromatic carbocycles. The lowest BCUT2D eigenvalue weighted by Crippen LogP contribution is -2.40. The molecule has 0 radical (unpaired) electrons. The van der Waals surface area contributed by atoms with Crippen LogP contribution in [-0.4, -0.2) is 12.6 Å². The predicted molar refractivity (Wildman–Crippen MR) is 82.7 cm³/mol. The first-order valence-corrected chi connectivity index (χ1v) is 6.77. The van der Waals surface area contributed by atoms with Gasteiger partial charge in [-0.25, -0.2) is 0 Å². The molecule has 2 nitrogen and oxygen atoms in total. The Hall–Kier alpha value is -1.49. The van der Waals surface area contributed by atoms with Crippen molar-refractivity contribution in [3.05, 3.63) is 28.8 Å². The Kier molecular flexibility index (Phi) is 4.00. The van der Waals surface area contributed by atoms with Crippen LogP contribution in [0.4, 0.5) is 5.69 Å². The van der Waals surface area contributed by atoms with Gasteiger partial charge in [0.05, 0.1) is 6.07 Å². The third-order valence-corrected chi connectivity index (χ3v) is 3.80. The van der Waals surface area contributed by atoms with Crippen molar-refractivity contribution in [2.24, 2.45) is 0 Å². The van der Waals surface area contributed by atoms with Gasteiger partial charge in [-0.05, 0) is 49.8 Å². The predicted octanol–water partition coefficient (Wildman–Crippen LogP) is 4.34. The van der Waals surface area contributed by atoms with Crippen LogP contribution >= 0.6 is 0 Å². The van der Waals surface area contributed by atoms with Gasteiger partial charge in [0, 0.05) is 12.7 Å². The van der Waals surface area contributed by atoms with Crippen molar-refractivity contribution in [3.63, 3.8) is 0 Å². The Morgan fingerprint density at radius 2 is 1.42 bits per heavy atom. The Labute approximate surface area is 118 Å². The van der Waals surface area contributed by atoms with Gasteiger partial charge >= 0.3 is 0 Å². The fraction of sp³-hybridized carbons (Fsp3) is 0.588. The maximum absolute atomic E-state index is 9.30. The van der Waals surface area contributed by atoms with Crippen molar-refractivity contribution >= 4 is 5.69 Å². The van der Waals surface area contributed by atoms with Crippen LogP contribution in [-0.2, 0) is 5.41 Å². The van der Waals surface area contributed by atoms with E-state index in [9.17, 15) is 5.26 Å². The highest BCUT2D eigenvalue weighted by Crippen LogP contribution is 2.33. The van der Waals surface area contributed by atoms with Crippen LogP contribution in [0.1, 0.15) is 51.3 Å².